The van der Waals surface area contributed by atoms with Crippen molar-refractivity contribution in [1.82, 2.24) is 15.5 Å². The van der Waals surface area contributed by atoms with Crippen molar-refractivity contribution in [2.75, 3.05) is 17.6 Å². The van der Waals surface area contributed by atoms with E-state index in [0.29, 0.717) is 23.5 Å². The topological polar surface area (TPSA) is 128 Å². The zero-order valence-electron chi connectivity index (χ0n) is 17.6. The van der Waals surface area contributed by atoms with Gasteiger partial charge in [0.05, 0.1) is 21.0 Å². The van der Waals surface area contributed by atoms with Crippen LogP contribution in [0.2, 0.25) is 10.0 Å². The standard InChI is InChI=1S/C22H20Cl2N4O5S/c23-13-2-1-3-14(24)18(13)20(30)26-12-6-4-11(5-7-12)8-15(21(31)32)27-19(29)16-10-34-17-9-25-22(33)28(16)17/h1-7,15-17H,8-10H2,(H,25,33)(H,26,30)(H,27,29)(H,31,32)/t15-,16?,17?/m0/s1. The molecule has 2 saturated heterocycles. The summed E-state index contributed by atoms with van der Waals surface area (Å²) in [5.41, 5.74) is 1.26. The first-order valence-electron chi connectivity index (χ1n) is 10.3. The predicted molar refractivity (Wildman–Crippen MR) is 129 cm³/mol. The van der Waals surface area contributed by atoms with E-state index in [4.69, 9.17) is 23.2 Å². The maximum Gasteiger partial charge on any atom is 0.326 e. The molecule has 0 radical (unpaired) electrons. The number of nitrogens with zero attached hydrogens (tertiary/aromatic N) is 1. The molecule has 0 aromatic heterocycles. The number of urea groups is 1. The van der Waals surface area contributed by atoms with Gasteiger partial charge in [0, 0.05) is 24.4 Å². The molecule has 2 aliphatic rings. The molecule has 4 rings (SSSR count). The number of benzene rings is 2. The third kappa shape index (κ3) is 5.08. The van der Waals surface area contributed by atoms with Crippen molar-refractivity contribution in [2.45, 2.75) is 23.9 Å². The second kappa shape index (κ2) is 10.1. The summed E-state index contributed by atoms with van der Waals surface area (Å²) in [5.74, 6) is -1.75. The Morgan fingerprint density at radius 3 is 2.47 bits per heavy atom. The zero-order valence-corrected chi connectivity index (χ0v) is 19.9. The van der Waals surface area contributed by atoms with Crippen molar-refractivity contribution in [3.63, 3.8) is 0 Å². The Balaban J connectivity index is 1.39. The van der Waals surface area contributed by atoms with Crippen LogP contribution in [0.15, 0.2) is 42.5 Å². The molecule has 0 saturated carbocycles. The van der Waals surface area contributed by atoms with Gasteiger partial charge in [-0.3, -0.25) is 14.5 Å². The Hall–Kier alpha value is -2.95. The van der Waals surface area contributed by atoms with Gasteiger partial charge in [0.1, 0.15) is 12.1 Å². The minimum Gasteiger partial charge on any atom is -0.480 e. The van der Waals surface area contributed by atoms with Crippen LogP contribution in [-0.2, 0) is 16.0 Å². The van der Waals surface area contributed by atoms with E-state index >= 15 is 0 Å². The van der Waals surface area contributed by atoms with Crippen LogP contribution in [0.25, 0.3) is 0 Å². The number of rotatable bonds is 7. The molecule has 2 unspecified atom stereocenters. The van der Waals surface area contributed by atoms with Gasteiger partial charge in [0.25, 0.3) is 5.91 Å². The predicted octanol–water partition coefficient (Wildman–Crippen LogP) is 2.82. The number of aliphatic carboxylic acids is 1. The van der Waals surface area contributed by atoms with Gasteiger partial charge in [-0.1, -0.05) is 41.4 Å². The molecule has 2 aromatic rings. The van der Waals surface area contributed by atoms with Crippen molar-refractivity contribution >= 4 is 64.5 Å². The summed E-state index contributed by atoms with van der Waals surface area (Å²) in [5, 5.41) is 17.9. The van der Waals surface area contributed by atoms with Gasteiger partial charge < -0.3 is 21.1 Å². The fraction of sp³-hybridized carbons (Fsp3) is 0.273. The van der Waals surface area contributed by atoms with E-state index in [2.05, 4.69) is 16.0 Å². The minimum absolute atomic E-state index is 0.0289. The number of anilines is 1. The number of amides is 4. The summed E-state index contributed by atoms with van der Waals surface area (Å²) >= 11 is 13.6. The minimum atomic E-state index is -1.19. The summed E-state index contributed by atoms with van der Waals surface area (Å²) in [6.07, 6.45) is 0.0289. The summed E-state index contributed by atoms with van der Waals surface area (Å²) in [6.45, 7) is 0.460. The molecular weight excluding hydrogens is 503 g/mol. The quantitative estimate of drug-likeness (QED) is 0.442. The Morgan fingerprint density at radius 1 is 1.15 bits per heavy atom. The van der Waals surface area contributed by atoms with Gasteiger partial charge >= 0.3 is 12.0 Å². The van der Waals surface area contributed by atoms with Crippen LogP contribution in [0.1, 0.15) is 15.9 Å². The monoisotopic (exact) mass is 522 g/mol. The zero-order chi connectivity index (χ0) is 24.4. The number of carbonyl (C=O) groups is 4. The highest BCUT2D eigenvalue weighted by Gasteiger charge is 2.45. The third-order valence-electron chi connectivity index (χ3n) is 5.51. The van der Waals surface area contributed by atoms with Crippen molar-refractivity contribution in [3.05, 3.63) is 63.6 Å². The molecule has 178 valence electrons. The van der Waals surface area contributed by atoms with Crippen LogP contribution in [0, 0.1) is 0 Å². The van der Waals surface area contributed by atoms with Crippen LogP contribution in [-0.4, -0.2) is 63.6 Å². The molecule has 2 aromatic carbocycles. The summed E-state index contributed by atoms with van der Waals surface area (Å²) in [6, 6.07) is 9.09. The van der Waals surface area contributed by atoms with E-state index in [-0.39, 0.29) is 33.4 Å². The Kier molecular flexibility index (Phi) is 7.20. The first-order valence-corrected chi connectivity index (χ1v) is 12.1. The number of carboxylic acid groups (broad SMARTS) is 1. The molecule has 12 heteroatoms. The maximum atomic E-state index is 12.7. The lowest BCUT2D eigenvalue weighted by Gasteiger charge is -2.23. The molecule has 3 atom stereocenters. The largest absolute Gasteiger partial charge is 0.480 e. The molecule has 0 aliphatic carbocycles. The van der Waals surface area contributed by atoms with Gasteiger partial charge in [-0.15, -0.1) is 11.8 Å². The number of thioether (sulfide) groups is 1. The van der Waals surface area contributed by atoms with Gasteiger partial charge in [-0.2, -0.15) is 0 Å². The molecule has 9 nitrogen and oxygen atoms in total. The number of hydrogen-bond donors (Lipinski definition) is 4. The fourth-order valence-electron chi connectivity index (χ4n) is 3.80. The SMILES string of the molecule is O=C(Nc1ccc(C[C@H](NC(=O)C2CSC3CNC(=O)N32)C(=O)O)cc1)c1c(Cl)cccc1Cl. The van der Waals surface area contributed by atoms with E-state index in [1.165, 1.54) is 16.7 Å². The average Bonchev–Trinajstić information content (AvgIpc) is 3.37. The summed E-state index contributed by atoms with van der Waals surface area (Å²) < 4.78 is 0. The highest BCUT2D eigenvalue weighted by Crippen LogP contribution is 2.32. The van der Waals surface area contributed by atoms with Gasteiger partial charge in [0.15, 0.2) is 0 Å². The smallest absolute Gasteiger partial charge is 0.326 e. The van der Waals surface area contributed by atoms with Crippen LogP contribution in [0.5, 0.6) is 0 Å². The molecule has 2 aliphatic heterocycles. The lowest BCUT2D eigenvalue weighted by atomic mass is 10.0. The lowest BCUT2D eigenvalue weighted by Crippen LogP contribution is -2.52. The Bertz CT molecular complexity index is 1130. The van der Waals surface area contributed by atoms with Gasteiger partial charge in [0.2, 0.25) is 5.91 Å². The summed E-state index contributed by atoms with van der Waals surface area (Å²) in [4.78, 5) is 50.5. The maximum absolute atomic E-state index is 12.7. The highest BCUT2D eigenvalue weighted by molar-refractivity contribution is 8.00. The molecular formula is C22H20Cl2N4O5S. The molecule has 0 bridgehead atoms. The number of hydrogen-bond acceptors (Lipinski definition) is 5. The first kappa shape index (κ1) is 24.2. The van der Waals surface area contributed by atoms with Crippen molar-refractivity contribution in [2.24, 2.45) is 0 Å². The van der Waals surface area contributed by atoms with Crippen molar-refractivity contribution in [1.29, 1.82) is 0 Å². The molecule has 34 heavy (non-hydrogen) atoms. The molecule has 4 N–H and O–H groups in total. The van der Waals surface area contributed by atoms with E-state index < -0.39 is 29.9 Å². The molecule has 2 heterocycles. The van der Waals surface area contributed by atoms with Crippen LogP contribution >= 0.6 is 35.0 Å². The van der Waals surface area contributed by atoms with E-state index in [1.807, 2.05) is 0 Å². The third-order valence-corrected chi connectivity index (χ3v) is 7.43. The Morgan fingerprint density at radius 2 is 1.82 bits per heavy atom. The lowest BCUT2D eigenvalue weighted by molar-refractivity contribution is -0.142. The second-order valence-corrected chi connectivity index (χ2v) is 9.77. The van der Waals surface area contributed by atoms with Crippen LogP contribution in [0.3, 0.4) is 0 Å². The average molecular weight is 523 g/mol. The van der Waals surface area contributed by atoms with Gasteiger partial charge in [-0.25, -0.2) is 9.59 Å². The molecule has 0 spiro atoms. The Labute approximate surface area is 209 Å². The normalized spacial score (nSPS) is 19.8. The fourth-order valence-corrected chi connectivity index (χ4v) is 5.69. The highest BCUT2D eigenvalue weighted by atomic mass is 35.5. The van der Waals surface area contributed by atoms with E-state index in [1.54, 1.807) is 42.5 Å². The summed E-state index contributed by atoms with van der Waals surface area (Å²) in [7, 11) is 0. The van der Waals surface area contributed by atoms with Gasteiger partial charge in [-0.05, 0) is 29.8 Å². The first-order chi connectivity index (χ1) is 16.2. The number of carbonyl (C=O) groups excluding carboxylic acids is 3. The number of nitrogens with one attached hydrogen (secondary N) is 3. The number of carboxylic acids is 1. The van der Waals surface area contributed by atoms with Crippen molar-refractivity contribution in [3.8, 4) is 0 Å². The molecule has 2 fully saturated rings. The number of fused-ring (bicyclic) bond motifs is 1. The number of halogens is 2. The van der Waals surface area contributed by atoms with Crippen molar-refractivity contribution < 1.29 is 24.3 Å². The van der Waals surface area contributed by atoms with Crippen LogP contribution in [0.4, 0.5) is 10.5 Å². The van der Waals surface area contributed by atoms with E-state index in [9.17, 15) is 24.3 Å². The van der Waals surface area contributed by atoms with E-state index in [0.717, 1.165) is 0 Å². The van der Waals surface area contributed by atoms with Crippen LogP contribution < -0.4 is 16.0 Å². The second-order valence-electron chi connectivity index (χ2n) is 7.75. The molecule has 4 amide bonds.